The van der Waals surface area contributed by atoms with Crippen molar-refractivity contribution in [2.45, 2.75) is 51.9 Å². The van der Waals surface area contributed by atoms with Crippen molar-refractivity contribution in [1.82, 2.24) is 5.32 Å². The summed E-state index contributed by atoms with van der Waals surface area (Å²) in [6.45, 7) is 8.79. The van der Waals surface area contributed by atoms with Crippen LogP contribution < -0.4 is 10.1 Å². The van der Waals surface area contributed by atoms with Crippen LogP contribution in [-0.4, -0.2) is 24.7 Å². The summed E-state index contributed by atoms with van der Waals surface area (Å²) in [5.74, 6) is 0.805. The van der Waals surface area contributed by atoms with Gasteiger partial charge in [0.1, 0.15) is 11.9 Å². The molecule has 37 heavy (non-hydrogen) atoms. The number of amides is 1. The molecule has 1 aliphatic rings. The summed E-state index contributed by atoms with van der Waals surface area (Å²) in [7, 11) is 0. The van der Waals surface area contributed by atoms with E-state index in [9.17, 15) is 4.79 Å². The molecule has 3 aromatic carbocycles. The Balaban J connectivity index is 1.45. The zero-order valence-electron chi connectivity index (χ0n) is 21.5. The van der Waals surface area contributed by atoms with Crippen LogP contribution >= 0.6 is 11.6 Å². The number of nitrogens with one attached hydrogen (secondary N) is 1. The fourth-order valence-corrected chi connectivity index (χ4v) is 4.53. The van der Waals surface area contributed by atoms with Crippen molar-refractivity contribution in [2.24, 2.45) is 0 Å². The molecule has 0 aliphatic heterocycles. The summed E-state index contributed by atoms with van der Waals surface area (Å²) in [5.41, 5.74) is 6.62. The van der Waals surface area contributed by atoms with Gasteiger partial charge in [-0.3, -0.25) is 4.79 Å². The molecule has 2 atom stereocenters. The maximum Gasteiger partial charge on any atom is 0.216 e. The SMILES string of the molecule is C=C(C)c1cccc(-c2cc(OC3C=CC(OCc4ccc(Cl)cc4)CC3)ccc2CCNC(C)=O)c1. The first-order chi connectivity index (χ1) is 17.9. The molecular formula is C32H34ClNO3. The number of hydrogen-bond donors (Lipinski definition) is 1. The molecule has 1 N–H and O–H groups in total. The van der Waals surface area contributed by atoms with E-state index in [0.717, 1.165) is 63.4 Å². The number of benzene rings is 3. The third-order valence-electron chi connectivity index (χ3n) is 6.46. The summed E-state index contributed by atoms with van der Waals surface area (Å²) >= 11 is 5.96. The zero-order chi connectivity index (χ0) is 26.2. The van der Waals surface area contributed by atoms with Crippen LogP contribution in [0.15, 0.2) is 85.5 Å². The molecule has 5 heteroatoms. The summed E-state index contributed by atoms with van der Waals surface area (Å²) in [6.07, 6.45) is 6.79. The normalized spacial score (nSPS) is 16.8. The van der Waals surface area contributed by atoms with Gasteiger partial charge in [0.15, 0.2) is 0 Å². The third-order valence-corrected chi connectivity index (χ3v) is 6.71. The number of halogens is 1. The first-order valence-electron chi connectivity index (χ1n) is 12.7. The standard InChI is InChI=1S/C32H34ClNO3/c1-22(2)26-5-4-6-27(19-26)32-20-31(12-9-25(32)17-18-34-23(3)35)37-30-15-13-29(14-16-30)36-21-24-7-10-28(33)11-8-24/h4-13,15,19-20,29-30H,1,14,16-18,21H2,2-3H3,(H,34,35). The molecule has 3 aromatic rings. The molecule has 2 unspecified atom stereocenters. The Hall–Kier alpha value is -3.34. The van der Waals surface area contributed by atoms with Crippen LogP contribution in [0.2, 0.25) is 5.02 Å². The summed E-state index contributed by atoms with van der Waals surface area (Å²) in [6, 6.07) is 22.4. The molecular weight excluding hydrogens is 482 g/mol. The van der Waals surface area contributed by atoms with Crippen molar-refractivity contribution in [3.63, 3.8) is 0 Å². The van der Waals surface area contributed by atoms with Gasteiger partial charge in [-0.05, 0) is 90.4 Å². The highest BCUT2D eigenvalue weighted by molar-refractivity contribution is 6.30. The molecule has 4 nitrogen and oxygen atoms in total. The maximum atomic E-state index is 11.4. The lowest BCUT2D eigenvalue weighted by molar-refractivity contribution is -0.118. The van der Waals surface area contributed by atoms with Gasteiger partial charge in [-0.15, -0.1) is 0 Å². The van der Waals surface area contributed by atoms with E-state index >= 15 is 0 Å². The van der Waals surface area contributed by atoms with Gasteiger partial charge in [0.25, 0.3) is 0 Å². The summed E-state index contributed by atoms with van der Waals surface area (Å²) in [5, 5.41) is 3.63. The van der Waals surface area contributed by atoms with Gasteiger partial charge in [0.2, 0.25) is 5.91 Å². The van der Waals surface area contributed by atoms with Crippen LogP contribution in [0.5, 0.6) is 5.75 Å². The molecule has 0 radical (unpaired) electrons. The Morgan fingerprint density at radius 2 is 1.76 bits per heavy atom. The Labute approximate surface area is 225 Å². The minimum atomic E-state index is -0.0229. The second-order valence-corrected chi connectivity index (χ2v) is 9.94. The molecule has 0 aromatic heterocycles. The Bertz CT molecular complexity index is 1270. The lowest BCUT2D eigenvalue weighted by Crippen LogP contribution is -2.23. The molecule has 192 valence electrons. The molecule has 1 amide bonds. The number of carbonyl (C=O) groups excluding carboxylic acids is 1. The predicted octanol–water partition coefficient (Wildman–Crippen LogP) is 7.40. The fourth-order valence-electron chi connectivity index (χ4n) is 4.41. The highest BCUT2D eigenvalue weighted by atomic mass is 35.5. The number of allylic oxidation sites excluding steroid dienone is 1. The average Bonchev–Trinajstić information content (AvgIpc) is 2.90. The Morgan fingerprint density at radius 1 is 1.00 bits per heavy atom. The zero-order valence-corrected chi connectivity index (χ0v) is 22.3. The molecule has 0 bridgehead atoms. The summed E-state index contributed by atoms with van der Waals surface area (Å²) < 4.78 is 12.4. The average molecular weight is 516 g/mol. The van der Waals surface area contributed by atoms with E-state index in [0.29, 0.717) is 13.2 Å². The quantitative estimate of drug-likeness (QED) is 0.286. The molecule has 0 saturated heterocycles. The Kier molecular flexibility index (Phi) is 9.21. The number of hydrogen-bond acceptors (Lipinski definition) is 3. The minimum Gasteiger partial charge on any atom is -0.486 e. The minimum absolute atomic E-state index is 0.00443. The van der Waals surface area contributed by atoms with Crippen LogP contribution in [0.25, 0.3) is 16.7 Å². The van der Waals surface area contributed by atoms with E-state index in [-0.39, 0.29) is 18.1 Å². The fraction of sp³-hybridized carbons (Fsp3) is 0.281. The van der Waals surface area contributed by atoms with E-state index in [2.05, 4.69) is 60.4 Å². The Morgan fingerprint density at radius 3 is 2.46 bits per heavy atom. The van der Waals surface area contributed by atoms with E-state index in [1.807, 2.05) is 37.3 Å². The van der Waals surface area contributed by atoms with Crippen LogP contribution in [0.3, 0.4) is 0 Å². The molecule has 0 spiro atoms. The van der Waals surface area contributed by atoms with Crippen molar-refractivity contribution < 1.29 is 14.3 Å². The monoisotopic (exact) mass is 515 g/mol. The van der Waals surface area contributed by atoms with E-state index in [4.69, 9.17) is 21.1 Å². The van der Waals surface area contributed by atoms with Crippen LogP contribution in [0.1, 0.15) is 43.4 Å². The van der Waals surface area contributed by atoms with Gasteiger partial charge in [-0.2, -0.15) is 0 Å². The number of rotatable bonds is 10. The number of ether oxygens (including phenoxy) is 2. The first kappa shape index (κ1) is 26.7. The smallest absolute Gasteiger partial charge is 0.216 e. The van der Waals surface area contributed by atoms with E-state index < -0.39 is 0 Å². The van der Waals surface area contributed by atoms with Crippen molar-refractivity contribution >= 4 is 23.1 Å². The van der Waals surface area contributed by atoms with Crippen LogP contribution in [0.4, 0.5) is 0 Å². The van der Waals surface area contributed by atoms with E-state index in [1.165, 1.54) is 0 Å². The number of carbonyl (C=O) groups is 1. The second kappa shape index (κ2) is 12.8. The molecule has 1 aliphatic carbocycles. The van der Waals surface area contributed by atoms with E-state index in [1.54, 1.807) is 6.92 Å². The highest BCUT2D eigenvalue weighted by Gasteiger charge is 2.18. The first-order valence-corrected chi connectivity index (χ1v) is 13.1. The molecule has 0 heterocycles. The van der Waals surface area contributed by atoms with Crippen molar-refractivity contribution in [2.75, 3.05) is 6.54 Å². The van der Waals surface area contributed by atoms with Gasteiger partial charge in [0, 0.05) is 18.5 Å². The van der Waals surface area contributed by atoms with Gasteiger partial charge in [-0.1, -0.05) is 66.2 Å². The lowest BCUT2D eigenvalue weighted by Gasteiger charge is -2.24. The van der Waals surface area contributed by atoms with Crippen LogP contribution in [0, 0.1) is 0 Å². The molecule has 4 rings (SSSR count). The molecule has 0 saturated carbocycles. The summed E-state index contributed by atoms with van der Waals surface area (Å²) in [4.78, 5) is 11.4. The maximum absolute atomic E-state index is 11.4. The largest absolute Gasteiger partial charge is 0.486 e. The van der Waals surface area contributed by atoms with Gasteiger partial charge in [-0.25, -0.2) is 0 Å². The van der Waals surface area contributed by atoms with Crippen molar-refractivity contribution in [3.8, 4) is 16.9 Å². The van der Waals surface area contributed by atoms with Gasteiger partial charge >= 0.3 is 0 Å². The van der Waals surface area contributed by atoms with Crippen LogP contribution in [-0.2, 0) is 22.6 Å². The van der Waals surface area contributed by atoms with Crippen molar-refractivity contribution in [3.05, 3.63) is 107 Å². The highest BCUT2D eigenvalue weighted by Crippen LogP contribution is 2.32. The second-order valence-electron chi connectivity index (χ2n) is 9.51. The lowest BCUT2D eigenvalue weighted by atomic mass is 9.94. The molecule has 0 fully saturated rings. The van der Waals surface area contributed by atoms with Crippen molar-refractivity contribution in [1.29, 1.82) is 0 Å². The van der Waals surface area contributed by atoms with Gasteiger partial charge in [0.05, 0.1) is 12.7 Å². The third kappa shape index (κ3) is 7.82. The van der Waals surface area contributed by atoms with Gasteiger partial charge < -0.3 is 14.8 Å². The predicted molar refractivity (Wildman–Crippen MR) is 152 cm³/mol. The topological polar surface area (TPSA) is 47.6 Å².